The quantitative estimate of drug-likeness (QED) is 0.411. The van der Waals surface area contributed by atoms with Crippen LogP contribution in [0.2, 0.25) is 0 Å². The smallest absolute Gasteiger partial charge is 0.0184 e. The fourth-order valence-electron chi connectivity index (χ4n) is 4.61. The van der Waals surface area contributed by atoms with Crippen LogP contribution in [0, 0.1) is 12.8 Å². The second-order valence-electron chi connectivity index (χ2n) is 8.41. The minimum Gasteiger partial charge on any atom is -0.0984 e. The summed E-state index contributed by atoms with van der Waals surface area (Å²) in [6.45, 7) is 8.63. The van der Waals surface area contributed by atoms with Crippen LogP contribution < -0.4 is 0 Å². The topological polar surface area (TPSA) is 0 Å². The molecule has 0 spiro atoms. The van der Waals surface area contributed by atoms with Crippen LogP contribution in [0.4, 0.5) is 0 Å². The van der Waals surface area contributed by atoms with Crippen LogP contribution in [0.5, 0.6) is 0 Å². The van der Waals surface area contributed by atoms with Crippen molar-refractivity contribution in [2.45, 2.75) is 71.6 Å². The second-order valence-corrected chi connectivity index (χ2v) is 8.41. The zero-order valence-corrected chi connectivity index (χ0v) is 17.8. The highest BCUT2D eigenvalue weighted by Crippen LogP contribution is 2.37. The highest BCUT2D eigenvalue weighted by molar-refractivity contribution is 5.76. The van der Waals surface area contributed by atoms with Crippen LogP contribution in [0.15, 0.2) is 66.8 Å². The molecule has 1 saturated carbocycles. The summed E-state index contributed by atoms with van der Waals surface area (Å²) < 4.78 is 0. The summed E-state index contributed by atoms with van der Waals surface area (Å²) in [5.74, 6) is 0.767. The maximum atomic E-state index is 4.18. The molecule has 0 bridgehead atoms. The molecule has 148 valence electrons. The van der Waals surface area contributed by atoms with Gasteiger partial charge in [-0.2, -0.15) is 0 Å². The molecule has 0 atom stereocenters. The van der Waals surface area contributed by atoms with Gasteiger partial charge in [0.1, 0.15) is 0 Å². The average molecular weight is 373 g/mol. The molecule has 0 aromatic heterocycles. The Bertz CT molecular complexity index is 768. The van der Waals surface area contributed by atoms with Crippen LogP contribution in [-0.2, 0) is 12.8 Å². The fraction of sp³-hybridized carbons (Fsp3) is 0.429. The fourth-order valence-corrected chi connectivity index (χ4v) is 4.61. The first kappa shape index (κ1) is 20.6. The van der Waals surface area contributed by atoms with E-state index in [-0.39, 0.29) is 0 Å². The molecule has 0 heteroatoms. The van der Waals surface area contributed by atoms with Gasteiger partial charge in [0.05, 0.1) is 0 Å². The number of benzene rings is 2. The van der Waals surface area contributed by atoms with Crippen molar-refractivity contribution in [1.82, 2.24) is 0 Å². The molecule has 1 fully saturated rings. The Morgan fingerprint density at radius 1 is 0.893 bits per heavy atom. The van der Waals surface area contributed by atoms with E-state index < -0.39 is 0 Å². The second kappa shape index (κ2) is 10.5. The minimum absolute atomic E-state index is 0.767. The molecule has 3 rings (SSSR count). The first-order chi connectivity index (χ1) is 13.7. The van der Waals surface area contributed by atoms with Crippen LogP contribution >= 0.6 is 0 Å². The lowest BCUT2D eigenvalue weighted by Gasteiger charge is -2.27. The predicted molar refractivity (Wildman–Crippen MR) is 124 cm³/mol. The predicted octanol–water partition coefficient (Wildman–Crippen LogP) is 8.10. The van der Waals surface area contributed by atoms with Crippen molar-refractivity contribution >= 4 is 5.57 Å². The Morgan fingerprint density at radius 2 is 1.46 bits per heavy atom. The largest absolute Gasteiger partial charge is 0.0984 e. The molecule has 1 aliphatic carbocycles. The molecule has 2 aromatic rings. The van der Waals surface area contributed by atoms with Crippen molar-refractivity contribution in [2.24, 2.45) is 5.92 Å². The van der Waals surface area contributed by atoms with Gasteiger partial charge in [0.15, 0.2) is 0 Å². The molecule has 0 aliphatic heterocycles. The lowest BCUT2D eigenvalue weighted by molar-refractivity contribution is 0.395. The molecule has 0 radical (unpaired) electrons. The molecule has 1 aliphatic rings. The van der Waals surface area contributed by atoms with Gasteiger partial charge in [-0.3, -0.25) is 0 Å². The monoisotopic (exact) mass is 372 g/mol. The number of hydrogen-bond donors (Lipinski definition) is 0. The number of rotatable bonds is 8. The van der Waals surface area contributed by atoms with Crippen molar-refractivity contribution in [2.75, 3.05) is 0 Å². The molecule has 0 nitrogen and oxygen atoms in total. The number of hydrogen-bond acceptors (Lipinski definition) is 0. The summed E-state index contributed by atoms with van der Waals surface area (Å²) in [6, 6.07) is 18.2. The van der Waals surface area contributed by atoms with Gasteiger partial charge in [0.2, 0.25) is 0 Å². The van der Waals surface area contributed by atoms with Crippen LogP contribution in [0.25, 0.3) is 5.57 Å². The van der Waals surface area contributed by atoms with Crippen molar-refractivity contribution in [3.8, 4) is 0 Å². The highest BCUT2D eigenvalue weighted by Gasteiger charge is 2.20. The minimum atomic E-state index is 0.767. The van der Waals surface area contributed by atoms with Gasteiger partial charge >= 0.3 is 0 Å². The lowest BCUT2D eigenvalue weighted by atomic mass is 9.79. The molecule has 0 saturated heterocycles. The van der Waals surface area contributed by atoms with E-state index in [1.165, 1.54) is 72.8 Å². The molecule has 0 heterocycles. The van der Waals surface area contributed by atoms with Gasteiger partial charge in [-0.25, -0.2) is 0 Å². The molecule has 0 N–H and O–H groups in total. The van der Waals surface area contributed by atoms with Gasteiger partial charge in [0.25, 0.3) is 0 Å². The van der Waals surface area contributed by atoms with Gasteiger partial charge in [-0.15, -0.1) is 0 Å². The van der Waals surface area contributed by atoms with E-state index >= 15 is 0 Å². The molecule has 2 aromatic carbocycles. The summed E-state index contributed by atoms with van der Waals surface area (Å²) in [5.41, 5.74) is 8.58. The van der Waals surface area contributed by atoms with Gasteiger partial charge < -0.3 is 0 Å². The molecule has 28 heavy (non-hydrogen) atoms. The Morgan fingerprint density at radius 3 is 2.00 bits per heavy atom. The Labute approximate surface area is 172 Å². The lowest BCUT2D eigenvalue weighted by Crippen LogP contribution is -2.11. The van der Waals surface area contributed by atoms with Gasteiger partial charge in [-0.1, -0.05) is 105 Å². The molecular weight excluding hydrogens is 336 g/mol. The van der Waals surface area contributed by atoms with E-state index in [4.69, 9.17) is 0 Å². The summed E-state index contributed by atoms with van der Waals surface area (Å²) in [6.07, 6.45) is 13.7. The third kappa shape index (κ3) is 5.47. The van der Waals surface area contributed by atoms with Crippen LogP contribution in [0.3, 0.4) is 0 Å². The zero-order valence-electron chi connectivity index (χ0n) is 17.8. The van der Waals surface area contributed by atoms with E-state index in [0.29, 0.717) is 0 Å². The first-order valence-corrected chi connectivity index (χ1v) is 11.2. The van der Waals surface area contributed by atoms with Crippen molar-refractivity contribution in [3.05, 3.63) is 89.0 Å². The summed E-state index contributed by atoms with van der Waals surface area (Å²) in [5, 5.41) is 0. The van der Waals surface area contributed by atoms with Crippen molar-refractivity contribution < 1.29 is 0 Å². The Balaban J connectivity index is 1.74. The maximum Gasteiger partial charge on any atom is -0.0184 e. The van der Waals surface area contributed by atoms with E-state index in [2.05, 4.69) is 75.0 Å². The molecular formula is C28H36. The third-order valence-electron chi connectivity index (χ3n) is 6.26. The first-order valence-electron chi connectivity index (χ1n) is 11.2. The standard InChI is InChI=1S/C28H36/c1-4-9-28(25-10-7-6-8-11-25)27(5-2)26-20-18-24(19-21-26)17-16-23-14-12-22(3)13-15-23/h5,12-15,18-21,25H,2,4,6-11,16-17H2,1,3H3/b28-27-. The zero-order chi connectivity index (χ0) is 19.8. The van der Waals surface area contributed by atoms with Crippen molar-refractivity contribution in [3.63, 3.8) is 0 Å². The summed E-state index contributed by atoms with van der Waals surface area (Å²) in [7, 11) is 0. The molecule has 0 amide bonds. The van der Waals surface area contributed by atoms with Gasteiger partial charge in [-0.05, 0) is 67.2 Å². The van der Waals surface area contributed by atoms with E-state index in [9.17, 15) is 0 Å². The maximum absolute atomic E-state index is 4.18. The van der Waals surface area contributed by atoms with Crippen LogP contribution in [0.1, 0.15) is 74.1 Å². The van der Waals surface area contributed by atoms with Crippen molar-refractivity contribution in [1.29, 1.82) is 0 Å². The highest BCUT2D eigenvalue weighted by atomic mass is 14.2. The SMILES string of the molecule is C=C/C(=C(\CCC)C1CCCCC1)c1ccc(CCc2ccc(C)cc2)cc1. The molecule has 0 unspecified atom stereocenters. The third-order valence-corrected chi connectivity index (χ3v) is 6.26. The van der Waals surface area contributed by atoms with E-state index in [1.54, 1.807) is 5.57 Å². The average Bonchev–Trinajstić information content (AvgIpc) is 2.75. The normalized spacial score (nSPS) is 15.9. The van der Waals surface area contributed by atoms with E-state index in [1.807, 2.05) is 0 Å². The Kier molecular flexibility index (Phi) is 7.71. The van der Waals surface area contributed by atoms with E-state index in [0.717, 1.165) is 18.8 Å². The Hall–Kier alpha value is -2.08. The van der Waals surface area contributed by atoms with Crippen LogP contribution in [-0.4, -0.2) is 0 Å². The number of aryl methyl sites for hydroxylation is 3. The van der Waals surface area contributed by atoms with Gasteiger partial charge in [0, 0.05) is 0 Å². The number of allylic oxidation sites excluding steroid dienone is 3. The summed E-state index contributed by atoms with van der Waals surface area (Å²) in [4.78, 5) is 0. The summed E-state index contributed by atoms with van der Waals surface area (Å²) >= 11 is 0.